The lowest BCUT2D eigenvalue weighted by atomic mass is 9.87. The molecule has 2 aliphatic heterocycles. The maximum absolute atomic E-state index is 13.5. The van der Waals surface area contributed by atoms with Crippen LogP contribution in [0.4, 0.5) is 0 Å². The molecule has 164 valence electrons. The Morgan fingerprint density at radius 1 is 0.935 bits per heavy atom. The molecule has 0 radical (unpaired) electrons. The van der Waals surface area contributed by atoms with Crippen LogP contribution in [0.15, 0.2) is 48.5 Å². The Kier molecular flexibility index (Phi) is 6.42. The van der Waals surface area contributed by atoms with Crippen LogP contribution in [0.5, 0.6) is 11.5 Å². The number of hydrogen-bond donors (Lipinski definition) is 0. The molecule has 2 heterocycles. The maximum Gasteiger partial charge on any atom is 0.253 e. The van der Waals surface area contributed by atoms with Crippen molar-refractivity contribution < 1.29 is 23.8 Å². The van der Waals surface area contributed by atoms with Gasteiger partial charge in [-0.05, 0) is 18.2 Å². The molecule has 31 heavy (non-hydrogen) atoms. The molecule has 2 aliphatic rings. The SMILES string of the molecule is COc1ccc(C2CN(C(=O)c3ccccc3)CC2C(=O)N2CCOCC2)c(OC)c1. The van der Waals surface area contributed by atoms with E-state index in [1.54, 1.807) is 19.1 Å². The molecule has 0 saturated carbocycles. The van der Waals surface area contributed by atoms with Gasteiger partial charge < -0.3 is 24.0 Å². The average Bonchev–Trinajstić information content (AvgIpc) is 3.28. The topological polar surface area (TPSA) is 68.3 Å². The van der Waals surface area contributed by atoms with Gasteiger partial charge in [-0.3, -0.25) is 9.59 Å². The monoisotopic (exact) mass is 424 g/mol. The van der Waals surface area contributed by atoms with Gasteiger partial charge in [-0.1, -0.05) is 24.3 Å². The Balaban J connectivity index is 1.66. The average molecular weight is 424 g/mol. The molecule has 2 amide bonds. The second-order valence-electron chi connectivity index (χ2n) is 7.83. The van der Waals surface area contributed by atoms with E-state index in [-0.39, 0.29) is 23.7 Å². The summed E-state index contributed by atoms with van der Waals surface area (Å²) in [5, 5.41) is 0. The van der Waals surface area contributed by atoms with E-state index in [9.17, 15) is 9.59 Å². The summed E-state index contributed by atoms with van der Waals surface area (Å²) in [6, 6.07) is 14.8. The van der Waals surface area contributed by atoms with Crippen molar-refractivity contribution in [3.8, 4) is 11.5 Å². The summed E-state index contributed by atoms with van der Waals surface area (Å²) in [7, 11) is 3.22. The maximum atomic E-state index is 13.5. The van der Waals surface area contributed by atoms with Gasteiger partial charge in [0.05, 0.1) is 33.4 Å². The fourth-order valence-electron chi connectivity index (χ4n) is 4.44. The molecule has 4 rings (SSSR count). The Labute approximate surface area is 182 Å². The minimum atomic E-state index is -0.340. The Morgan fingerprint density at radius 3 is 2.35 bits per heavy atom. The highest BCUT2D eigenvalue weighted by Crippen LogP contribution is 2.40. The molecule has 2 saturated heterocycles. The van der Waals surface area contributed by atoms with Crippen LogP contribution in [0.2, 0.25) is 0 Å². The van der Waals surface area contributed by atoms with Crippen molar-refractivity contribution in [1.29, 1.82) is 0 Å². The summed E-state index contributed by atoms with van der Waals surface area (Å²) in [5.41, 5.74) is 1.54. The predicted molar refractivity (Wildman–Crippen MR) is 116 cm³/mol. The van der Waals surface area contributed by atoms with Gasteiger partial charge >= 0.3 is 0 Å². The first kappa shape index (κ1) is 21.2. The third kappa shape index (κ3) is 4.37. The van der Waals surface area contributed by atoms with E-state index < -0.39 is 0 Å². The van der Waals surface area contributed by atoms with Crippen LogP contribution in [0, 0.1) is 5.92 Å². The summed E-state index contributed by atoms with van der Waals surface area (Å²) in [6.45, 7) is 3.08. The number of methoxy groups -OCH3 is 2. The largest absolute Gasteiger partial charge is 0.497 e. The van der Waals surface area contributed by atoms with Gasteiger partial charge in [0.25, 0.3) is 5.91 Å². The van der Waals surface area contributed by atoms with Crippen molar-refractivity contribution in [3.05, 3.63) is 59.7 Å². The van der Waals surface area contributed by atoms with Gasteiger partial charge in [0.1, 0.15) is 11.5 Å². The van der Waals surface area contributed by atoms with Crippen molar-refractivity contribution in [2.45, 2.75) is 5.92 Å². The molecular formula is C24H28N2O5. The Hall–Kier alpha value is -3.06. The highest BCUT2D eigenvalue weighted by molar-refractivity contribution is 5.95. The molecule has 7 nitrogen and oxygen atoms in total. The minimum Gasteiger partial charge on any atom is -0.497 e. The molecule has 2 aromatic rings. The third-order valence-electron chi connectivity index (χ3n) is 6.11. The summed E-state index contributed by atoms with van der Waals surface area (Å²) < 4.78 is 16.4. The van der Waals surface area contributed by atoms with Crippen LogP contribution in [-0.2, 0) is 9.53 Å². The summed E-state index contributed by atoms with van der Waals surface area (Å²) in [6.07, 6.45) is 0. The normalized spacial score (nSPS) is 21.1. The van der Waals surface area contributed by atoms with Crippen LogP contribution in [0.3, 0.4) is 0 Å². The van der Waals surface area contributed by atoms with Gasteiger partial charge in [-0.25, -0.2) is 0 Å². The smallest absolute Gasteiger partial charge is 0.253 e. The third-order valence-corrected chi connectivity index (χ3v) is 6.11. The second-order valence-corrected chi connectivity index (χ2v) is 7.83. The standard InChI is InChI=1S/C24H28N2O5/c1-29-18-8-9-19(22(14-18)30-2)20-15-26(23(27)17-6-4-3-5-7-17)16-21(20)24(28)25-10-12-31-13-11-25/h3-9,14,20-21H,10-13,15-16H2,1-2H3. The zero-order valence-electron chi connectivity index (χ0n) is 18.0. The molecule has 7 heteroatoms. The van der Waals surface area contributed by atoms with Gasteiger partial charge in [-0.2, -0.15) is 0 Å². The summed E-state index contributed by atoms with van der Waals surface area (Å²) in [5.74, 6) is 0.854. The molecule has 2 aromatic carbocycles. The number of carbonyl (C=O) groups is 2. The van der Waals surface area contributed by atoms with Gasteiger partial charge in [0.15, 0.2) is 0 Å². The molecule has 0 aliphatic carbocycles. The molecule has 2 fully saturated rings. The quantitative estimate of drug-likeness (QED) is 0.738. The van der Waals surface area contributed by atoms with Crippen molar-refractivity contribution in [1.82, 2.24) is 9.80 Å². The first-order valence-corrected chi connectivity index (χ1v) is 10.5. The lowest BCUT2D eigenvalue weighted by Crippen LogP contribution is -2.45. The van der Waals surface area contributed by atoms with Crippen LogP contribution in [0.1, 0.15) is 21.8 Å². The number of likely N-dealkylation sites (tertiary alicyclic amines) is 1. The number of rotatable bonds is 5. The van der Waals surface area contributed by atoms with Crippen LogP contribution >= 0.6 is 0 Å². The highest BCUT2D eigenvalue weighted by atomic mass is 16.5. The summed E-state index contributed by atoms with van der Waals surface area (Å²) in [4.78, 5) is 30.3. The molecule has 0 spiro atoms. The molecule has 2 unspecified atom stereocenters. The zero-order chi connectivity index (χ0) is 21.8. The predicted octanol–water partition coefficient (Wildman–Crippen LogP) is 2.42. The number of carbonyl (C=O) groups excluding carboxylic acids is 2. The van der Waals surface area contributed by atoms with Crippen molar-refractivity contribution >= 4 is 11.8 Å². The van der Waals surface area contributed by atoms with Gasteiger partial charge in [-0.15, -0.1) is 0 Å². The van der Waals surface area contributed by atoms with E-state index in [1.165, 1.54) is 0 Å². The Bertz CT molecular complexity index is 927. The van der Waals surface area contributed by atoms with Crippen LogP contribution < -0.4 is 9.47 Å². The number of ether oxygens (including phenoxy) is 3. The number of amides is 2. The number of benzene rings is 2. The van der Waals surface area contributed by atoms with Crippen LogP contribution in [0.25, 0.3) is 0 Å². The lowest BCUT2D eigenvalue weighted by Gasteiger charge is -2.31. The van der Waals surface area contributed by atoms with E-state index in [4.69, 9.17) is 14.2 Å². The van der Waals surface area contributed by atoms with E-state index in [2.05, 4.69) is 0 Å². The first-order chi connectivity index (χ1) is 15.1. The van der Waals surface area contributed by atoms with E-state index in [1.807, 2.05) is 53.4 Å². The van der Waals surface area contributed by atoms with Crippen LogP contribution in [-0.4, -0.2) is 75.2 Å². The Morgan fingerprint density at radius 2 is 1.68 bits per heavy atom. The summed E-state index contributed by atoms with van der Waals surface area (Å²) >= 11 is 0. The van der Waals surface area contributed by atoms with Crippen molar-refractivity contribution in [2.24, 2.45) is 5.92 Å². The van der Waals surface area contributed by atoms with Crippen molar-refractivity contribution in [2.75, 3.05) is 53.6 Å². The molecular weight excluding hydrogens is 396 g/mol. The van der Waals surface area contributed by atoms with Gasteiger partial charge in [0, 0.05) is 49.3 Å². The molecule has 0 N–H and O–H groups in total. The zero-order valence-corrected chi connectivity index (χ0v) is 18.0. The lowest BCUT2D eigenvalue weighted by molar-refractivity contribution is -0.139. The number of hydrogen-bond acceptors (Lipinski definition) is 5. The minimum absolute atomic E-state index is 0.0599. The highest BCUT2D eigenvalue weighted by Gasteiger charge is 2.43. The van der Waals surface area contributed by atoms with Gasteiger partial charge in [0.2, 0.25) is 5.91 Å². The molecule has 0 bridgehead atoms. The van der Waals surface area contributed by atoms with E-state index in [0.29, 0.717) is 56.5 Å². The van der Waals surface area contributed by atoms with Crippen molar-refractivity contribution in [3.63, 3.8) is 0 Å². The molecule has 2 atom stereocenters. The second kappa shape index (κ2) is 9.39. The molecule has 0 aromatic heterocycles. The first-order valence-electron chi connectivity index (χ1n) is 10.5. The number of nitrogens with zero attached hydrogens (tertiary/aromatic N) is 2. The fourth-order valence-corrected chi connectivity index (χ4v) is 4.44. The van der Waals surface area contributed by atoms with E-state index in [0.717, 1.165) is 5.56 Å². The number of morpholine rings is 1. The van der Waals surface area contributed by atoms with E-state index >= 15 is 0 Å². The fraction of sp³-hybridized carbons (Fsp3) is 0.417.